The first-order valence-corrected chi connectivity index (χ1v) is 9.93. The Kier molecular flexibility index (Phi) is 5.76. The van der Waals surface area contributed by atoms with E-state index in [1.165, 1.54) is 12.1 Å². The number of rotatable bonds is 6. The number of carbonyl (C=O) groups is 1. The normalized spacial score (nSPS) is 15.5. The first-order chi connectivity index (χ1) is 14.1. The molecule has 1 aliphatic rings. The van der Waals surface area contributed by atoms with E-state index in [0.29, 0.717) is 30.2 Å². The van der Waals surface area contributed by atoms with Crippen molar-refractivity contribution < 1.29 is 18.4 Å². The number of aromatic nitrogens is 1. The maximum Gasteiger partial charge on any atom is 0.238 e. The molecule has 6 nitrogen and oxygen atoms in total. The second kappa shape index (κ2) is 8.61. The van der Waals surface area contributed by atoms with E-state index in [0.717, 1.165) is 37.0 Å². The minimum Gasteiger partial charge on any atom is -0.492 e. The van der Waals surface area contributed by atoms with Crippen molar-refractivity contribution in [2.75, 3.05) is 31.6 Å². The lowest BCUT2D eigenvalue weighted by Crippen LogP contribution is -2.38. The molecule has 0 bridgehead atoms. The summed E-state index contributed by atoms with van der Waals surface area (Å²) >= 11 is 0. The lowest BCUT2D eigenvalue weighted by molar-refractivity contribution is -0.117. The fourth-order valence-corrected chi connectivity index (χ4v) is 3.83. The molecule has 1 N–H and O–H groups in total. The average molecular weight is 397 g/mol. The first kappa shape index (κ1) is 19.4. The minimum atomic E-state index is -0.327. The topological polar surface area (TPSA) is 67.6 Å². The van der Waals surface area contributed by atoms with Crippen LogP contribution in [0.5, 0.6) is 5.75 Å². The summed E-state index contributed by atoms with van der Waals surface area (Å²) in [6.45, 7) is 4.38. The van der Waals surface area contributed by atoms with Gasteiger partial charge in [0.2, 0.25) is 5.91 Å². The number of hydrogen-bond donors (Lipinski definition) is 1. The van der Waals surface area contributed by atoms with Gasteiger partial charge >= 0.3 is 0 Å². The fraction of sp³-hybridized carbons (Fsp3) is 0.364. The van der Waals surface area contributed by atoms with Crippen molar-refractivity contribution in [3.05, 3.63) is 54.0 Å². The average Bonchev–Trinajstić information content (AvgIpc) is 3.13. The van der Waals surface area contributed by atoms with Gasteiger partial charge in [0.25, 0.3) is 0 Å². The van der Waals surface area contributed by atoms with Crippen LogP contribution < -0.4 is 10.1 Å². The van der Waals surface area contributed by atoms with E-state index in [4.69, 9.17) is 9.26 Å². The van der Waals surface area contributed by atoms with Crippen molar-refractivity contribution in [1.29, 1.82) is 0 Å². The number of piperidine rings is 1. The molecule has 0 atom stereocenters. The summed E-state index contributed by atoms with van der Waals surface area (Å²) < 4.78 is 24.2. The van der Waals surface area contributed by atoms with Gasteiger partial charge in [-0.25, -0.2) is 4.39 Å². The Bertz CT molecular complexity index is 996. The van der Waals surface area contributed by atoms with E-state index in [-0.39, 0.29) is 17.6 Å². The molecular formula is C22H24FN3O3. The van der Waals surface area contributed by atoms with Gasteiger partial charge in [-0.1, -0.05) is 17.3 Å². The molecule has 0 unspecified atom stereocenters. The number of ether oxygens (including phenoxy) is 1. The molecule has 1 saturated heterocycles. The molecule has 152 valence electrons. The van der Waals surface area contributed by atoms with Crippen LogP contribution in [-0.4, -0.2) is 42.2 Å². The second-order valence-electron chi connectivity index (χ2n) is 7.24. The van der Waals surface area contributed by atoms with E-state index < -0.39 is 0 Å². The van der Waals surface area contributed by atoms with Gasteiger partial charge < -0.3 is 14.6 Å². The molecule has 2 heterocycles. The number of carbonyl (C=O) groups excluding carboxylic acids is 1. The predicted molar refractivity (Wildman–Crippen MR) is 109 cm³/mol. The van der Waals surface area contributed by atoms with Crippen molar-refractivity contribution in [1.82, 2.24) is 10.1 Å². The molecule has 4 rings (SSSR count). The van der Waals surface area contributed by atoms with Crippen LogP contribution in [0.15, 0.2) is 47.0 Å². The highest BCUT2D eigenvalue weighted by Crippen LogP contribution is 2.32. The van der Waals surface area contributed by atoms with Gasteiger partial charge in [-0.2, -0.15) is 0 Å². The number of nitrogens with zero attached hydrogens (tertiary/aromatic N) is 2. The van der Waals surface area contributed by atoms with Gasteiger partial charge in [0.15, 0.2) is 5.58 Å². The molecule has 0 spiro atoms. The molecule has 2 aromatic carbocycles. The van der Waals surface area contributed by atoms with Crippen LogP contribution in [0, 0.1) is 5.82 Å². The third kappa shape index (κ3) is 4.40. The van der Waals surface area contributed by atoms with Gasteiger partial charge in [-0.05, 0) is 57.1 Å². The molecule has 1 amide bonds. The summed E-state index contributed by atoms with van der Waals surface area (Å²) in [6, 6.07) is 12.0. The lowest BCUT2D eigenvalue weighted by Gasteiger charge is -2.30. The summed E-state index contributed by atoms with van der Waals surface area (Å²) in [6.07, 6.45) is 1.75. The summed E-state index contributed by atoms with van der Waals surface area (Å²) in [5, 5.41) is 7.99. The number of nitrogens with one attached hydrogen (secondary N) is 1. The summed E-state index contributed by atoms with van der Waals surface area (Å²) in [5.74, 6) is 0.543. The maximum atomic E-state index is 13.3. The Balaban J connectivity index is 1.33. The highest BCUT2D eigenvalue weighted by molar-refractivity contribution is 5.93. The van der Waals surface area contributed by atoms with Crippen LogP contribution in [0.3, 0.4) is 0 Å². The Morgan fingerprint density at radius 3 is 2.86 bits per heavy atom. The molecule has 3 aromatic rings. The molecule has 7 heteroatoms. The van der Waals surface area contributed by atoms with E-state index in [9.17, 15) is 9.18 Å². The minimum absolute atomic E-state index is 0.0574. The standard InChI is InChI=1S/C22H24FN3O3/c1-2-28-19-6-4-3-5-18(19)24-21(27)14-26-11-9-15(10-12-26)22-17-8-7-16(23)13-20(17)29-25-22/h3-8,13,15H,2,9-12,14H2,1H3,(H,24,27). The number of fused-ring (bicyclic) bond motifs is 1. The van der Waals surface area contributed by atoms with E-state index in [1.54, 1.807) is 6.07 Å². The lowest BCUT2D eigenvalue weighted by atomic mass is 9.91. The van der Waals surface area contributed by atoms with Gasteiger partial charge in [-0.15, -0.1) is 0 Å². The quantitative estimate of drug-likeness (QED) is 0.676. The predicted octanol–water partition coefficient (Wildman–Crippen LogP) is 4.18. The number of amides is 1. The van der Waals surface area contributed by atoms with Crippen LogP contribution in [-0.2, 0) is 4.79 Å². The van der Waals surface area contributed by atoms with Crippen LogP contribution in [0.2, 0.25) is 0 Å². The fourth-order valence-electron chi connectivity index (χ4n) is 3.83. The van der Waals surface area contributed by atoms with Crippen molar-refractivity contribution >= 4 is 22.6 Å². The Morgan fingerprint density at radius 2 is 2.07 bits per heavy atom. The van der Waals surface area contributed by atoms with Gasteiger partial charge in [0.05, 0.1) is 24.5 Å². The highest BCUT2D eigenvalue weighted by Gasteiger charge is 2.26. The molecule has 29 heavy (non-hydrogen) atoms. The van der Waals surface area contributed by atoms with Crippen molar-refractivity contribution in [3.8, 4) is 5.75 Å². The smallest absolute Gasteiger partial charge is 0.238 e. The first-order valence-electron chi connectivity index (χ1n) is 9.93. The highest BCUT2D eigenvalue weighted by atomic mass is 19.1. The summed E-state index contributed by atoms with van der Waals surface area (Å²) in [5.41, 5.74) is 2.06. The van der Waals surface area contributed by atoms with E-state index in [2.05, 4.69) is 15.4 Å². The summed E-state index contributed by atoms with van der Waals surface area (Å²) in [4.78, 5) is 14.6. The molecule has 1 fully saturated rings. The van der Waals surface area contributed by atoms with E-state index >= 15 is 0 Å². The number of para-hydroxylation sites is 2. The zero-order chi connectivity index (χ0) is 20.2. The monoisotopic (exact) mass is 397 g/mol. The van der Waals surface area contributed by atoms with Crippen molar-refractivity contribution in [2.45, 2.75) is 25.7 Å². The van der Waals surface area contributed by atoms with Gasteiger partial charge in [0.1, 0.15) is 11.6 Å². The zero-order valence-electron chi connectivity index (χ0n) is 16.4. The van der Waals surface area contributed by atoms with Crippen molar-refractivity contribution in [3.63, 3.8) is 0 Å². The Hall–Kier alpha value is -2.93. The molecule has 1 aliphatic heterocycles. The van der Waals surface area contributed by atoms with Crippen LogP contribution in [0.25, 0.3) is 11.0 Å². The van der Waals surface area contributed by atoms with E-state index in [1.807, 2.05) is 31.2 Å². The molecule has 0 saturated carbocycles. The third-order valence-electron chi connectivity index (χ3n) is 5.26. The Morgan fingerprint density at radius 1 is 1.28 bits per heavy atom. The number of halogens is 1. The van der Waals surface area contributed by atoms with Crippen LogP contribution in [0.4, 0.5) is 10.1 Å². The van der Waals surface area contributed by atoms with Gasteiger partial charge in [0, 0.05) is 17.4 Å². The van der Waals surface area contributed by atoms with Crippen molar-refractivity contribution in [2.24, 2.45) is 0 Å². The largest absolute Gasteiger partial charge is 0.492 e. The number of likely N-dealkylation sites (tertiary alicyclic amines) is 1. The van der Waals surface area contributed by atoms with Gasteiger partial charge in [-0.3, -0.25) is 9.69 Å². The zero-order valence-corrected chi connectivity index (χ0v) is 16.4. The SMILES string of the molecule is CCOc1ccccc1NC(=O)CN1CCC(c2noc3cc(F)ccc23)CC1. The maximum absolute atomic E-state index is 13.3. The molecular weight excluding hydrogens is 373 g/mol. The summed E-state index contributed by atoms with van der Waals surface area (Å²) in [7, 11) is 0. The second-order valence-corrected chi connectivity index (χ2v) is 7.24. The number of anilines is 1. The Labute approximate surface area is 168 Å². The molecule has 0 aliphatic carbocycles. The number of hydrogen-bond acceptors (Lipinski definition) is 5. The molecule has 1 aromatic heterocycles. The molecule has 0 radical (unpaired) electrons. The number of benzene rings is 2. The van der Waals surface area contributed by atoms with Crippen LogP contribution >= 0.6 is 0 Å². The third-order valence-corrected chi connectivity index (χ3v) is 5.26. The van der Waals surface area contributed by atoms with Crippen LogP contribution in [0.1, 0.15) is 31.4 Å².